The van der Waals surface area contributed by atoms with Crippen molar-refractivity contribution in [3.05, 3.63) is 35.2 Å². The maximum absolute atomic E-state index is 11.9. The van der Waals surface area contributed by atoms with Crippen LogP contribution in [0.4, 0.5) is 5.95 Å². The number of carbonyl (C=O) groups is 1. The molecule has 6 nitrogen and oxygen atoms in total. The summed E-state index contributed by atoms with van der Waals surface area (Å²) in [6.45, 7) is 3.56. The zero-order chi connectivity index (χ0) is 14.0. The summed E-state index contributed by atoms with van der Waals surface area (Å²) in [4.78, 5) is 16.0. The summed E-state index contributed by atoms with van der Waals surface area (Å²) in [7, 11) is 1.72. The van der Waals surface area contributed by atoms with E-state index in [4.69, 9.17) is 0 Å². The highest BCUT2D eigenvalue weighted by atomic mass is 16.3. The van der Waals surface area contributed by atoms with E-state index >= 15 is 0 Å². The van der Waals surface area contributed by atoms with Crippen LogP contribution in [0, 0.1) is 13.8 Å². The zero-order valence-electron chi connectivity index (χ0n) is 11.1. The van der Waals surface area contributed by atoms with E-state index in [9.17, 15) is 9.90 Å². The lowest BCUT2D eigenvalue weighted by Crippen LogP contribution is -2.17. The van der Waals surface area contributed by atoms with Gasteiger partial charge >= 0.3 is 0 Å². The summed E-state index contributed by atoms with van der Waals surface area (Å²) in [6, 6.07) is 5.19. The molecule has 6 heteroatoms. The Balaban J connectivity index is 2.05. The number of rotatable bonds is 3. The average Bonchev–Trinajstić information content (AvgIpc) is 2.62. The molecule has 0 saturated heterocycles. The molecule has 2 rings (SSSR count). The minimum Gasteiger partial charge on any atom is -0.508 e. The van der Waals surface area contributed by atoms with E-state index in [0.29, 0.717) is 11.8 Å². The first-order chi connectivity index (χ1) is 8.95. The summed E-state index contributed by atoms with van der Waals surface area (Å²) in [6.07, 6.45) is 0.180. The average molecular weight is 260 g/mol. The fourth-order valence-electron chi connectivity index (χ4n) is 1.74. The first-order valence-electron chi connectivity index (χ1n) is 5.91. The van der Waals surface area contributed by atoms with Gasteiger partial charge in [-0.05, 0) is 31.0 Å². The number of nitrogens with one attached hydrogen (secondary N) is 1. The maximum atomic E-state index is 11.9. The number of aromatic nitrogens is 3. The number of amides is 1. The topological polar surface area (TPSA) is 80.0 Å². The first-order valence-corrected chi connectivity index (χ1v) is 5.91. The Kier molecular flexibility index (Phi) is 3.50. The molecule has 0 bridgehead atoms. The van der Waals surface area contributed by atoms with Gasteiger partial charge in [0, 0.05) is 7.05 Å². The number of carbonyl (C=O) groups excluding carboxylic acids is 1. The van der Waals surface area contributed by atoms with Crippen molar-refractivity contribution in [1.82, 2.24) is 14.8 Å². The molecule has 0 unspecified atom stereocenters. The molecule has 100 valence electrons. The number of aryl methyl sites for hydroxylation is 3. The number of hydrogen-bond acceptors (Lipinski definition) is 4. The van der Waals surface area contributed by atoms with Crippen LogP contribution in [0.2, 0.25) is 0 Å². The lowest BCUT2D eigenvalue weighted by Gasteiger charge is -2.05. The smallest absolute Gasteiger partial charge is 0.231 e. The second-order valence-corrected chi connectivity index (χ2v) is 4.45. The van der Waals surface area contributed by atoms with Gasteiger partial charge in [0.25, 0.3) is 0 Å². The second-order valence-electron chi connectivity index (χ2n) is 4.45. The Morgan fingerprint density at radius 3 is 2.74 bits per heavy atom. The Hall–Kier alpha value is -2.37. The Bertz CT molecular complexity index is 619. The number of hydrogen-bond donors (Lipinski definition) is 2. The van der Waals surface area contributed by atoms with Crippen LogP contribution in [0.5, 0.6) is 5.75 Å². The first kappa shape index (κ1) is 13.1. The number of phenolic OH excluding ortho intramolecular Hbond substituents is 1. The molecule has 0 aliphatic carbocycles. The predicted molar refractivity (Wildman–Crippen MR) is 70.9 cm³/mol. The van der Waals surface area contributed by atoms with Gasteiger partial charge in [-0.1, -0.05) is 12.1 Å². The lowest BCUT2D eigenvalue weighted by atomic mass is 10.1. The largest absolute Gasteiger partial charge is 0.508 e. The highest BCUT2D eigenvalue weighted by Gasteiger charge is 2.10. The molecule has 0 fully saturated rings. The van der Waals surface area contributed by atoms with Crippen LogP contribution in [0.1, 0.15) is 17.0 Å². The molecular formula is C13H16N4O2. The van der Waals surface area contributed by atoms with Gasteiger partial charge < -0.3 is 5.11 Å². The Morgan fingerprint density at radius 1 is 1.42 bits per heavy atom. The number of benzene rings is 1. The SMILES string of the molecule is Cc1nc(NC(=O)Cc2ccc(C)c(O)c2)n(C)n1. The molecule has 1 aromatic heterocycles. The molecule has 0 spiro atoms. The van der Waals surface area contributed by atoms with Crippen molar-refractivity contribution < 1.29 is 9.90 Å². The van der Waals surface area contributed by atoms with Crippen molar-refractivity contribution in [2.75, 3.05) is 5.32 Å². The lowest BCUT2D eigenvalue weighted by molar-refractivity contribution is -0.115. The van der Waals surface area contributed by atoms with Gasteiger partial charge in [-0.15, -0.1) is 0 Å². The van der Waals surface area contributed by atoms with Gasteiger partial charge in [-0.25, -0.2) is 4.68 Å². The van der Waals surface area contributed by atoms with E-state index in [2.05, 4.69) is 15.4 Å². The molecule has 2 N–H and O–H groups in total. The number of aromatic hydroxyl groups is 1. The number of anilines is 1. The second kappa shape index (κ2) is 5.09. The van der Waals surface area contributed by atoms with Crippen LogP contribution in [0.3, 0.4) is 0 Å². The molecule has 1 aromatic carbocycles. The molecule has 0 aliphatic rings. The van der Waals surface area contributed by atoms with E-state index in [1.807, 2.05) is 13.0 Å². The maximum Gasteiger partial charge on any atom is 0.231 e. The van der Waals surface area contributed by atoms with Gasteiger partial charge in [-0.3, -0.25) is 10.1 Å². The van der Waals surface area contributed by atoms with Gasteiger partial charge in [-0.2, -0.15) is 10.1 Å². The molecule has 0 aliphatic heterocycles. The fraction of sp³-hybridized carbons (Fsp3) is 0.308. The number of phenols is 1. The monoisotopic (exact) mass is 260 g/mol. The van der Waals surface area contributed by atoms with Crippen LogP contribution in [-0.4, -0.2) is 25.8 Å². The molecule has 0 radical (unpaired) electrons. The minimum absolute atomic E-state index is 0.180. The van der Waals surface area contributed by atoms with Crippen LogP contribution in [0.15, 0.2) is 18.2 Å². The van der Waals surface area contributed by atoms with E-state index in [1.165, 1.54) is 4.68 Å². The van der Waals surface area contributed by atoms with Crippen molar-refractivity contribution in [2.45, 2.75) is 20.3 Å². The predicted octanol–water partition coefficient (Wildman–Crippen LogP) is 1.32. The van der Waals surface area contributed by atoms with Crippen molar-refractivity contribution in [3.8, 4) is 5.75 Å². The van der Waals surface area contributed by atoms with Crippen molar-refractivity contribution >= 4 is 11.9 Å². The summed E-state index contributed by atoms with van der Waals surface area (Å²) >= 11 is 0. The quantitative estimate of drug-likeness (QED) is 0.872. The van der Waals surface area contributed by atoms with E-state index in [-0.39, 0.29) is 18.1 Å². The standard InChI is InChI=1S/C13H16N4O2/c1-8-4-5-10(6-11(8)18)7-12(19)15-13-14-9(2)16-17(13)3/h4-6,18H,7H2,1-3H3,(H,14,15,16,19). The third-order valence-corrected chi connectivity index (χ3v) is 2.76. The molecule has 2 aromatic rings. The Labute approximate surface area is 111 Å². The van der Waals surface area contributed by atoms with Crippen molar-refractivity contribution in [2.24, 2.45) is 7.05 Å². The molecule has 19 heavy (non-hydrogen) atoms. The van der Waals surface area contributed by atoms with Crippen LogP contribution in [-0.2, 0) is 18.3 Å². The van der Waals surface area contributed by atoms with Crippen molar-refractivity contribution in [3.63, 3.8) is 0 Å². The van der Waals surface area contributed by atoms with E-state index < -0.39 is 0 Å². The summed E-state index contributed by atoms with van der Waals surface area (Å²) in [5, 5.41) is 16.3. The van der Waals surface area contributed by atoms with Gasteiger partial charge in [0.1, 0.15) is 11.6 Å². The van der Waals surface area contributed by atoms with Gasteiger partial charge in [0.2, 0.25) is 11.9 Å². The molecule has 0 saturated carbocycles. The molecule has 1 amide bonds. The van der Waals surface area contributed by atoms with Gasteiger partial charge in [0.05, 0.1) is 6.42 Å². The molecule has 0 atom stereocenters. The van der Waals surface area contributed by atoms with Crippen LogP contribution >= 0.6 is 0 Å². The third-order valence-electron chi connectivity index (χ3n) is 2.76. The highest BCUT2D eigenvalue weighted by Crippen LogP contribution is 2.18. The van der Waals surface area contributed by atoms with Crippen LogP contribution in [0.25, 0.3) is 0 Å². The molecule has 1 heterocycles. The van der Waals surface area contributed by atoms with Crippen molar-refractivity contribution in [1.29, 1.82) is 0 Å². The van der Waals surface area contributed by atoms with E-state index in [0.717, 1.165) is 11.1 Å². The minimum atomic E-state index is -0.196. The normalized spacial score (nSPS) is 10.5. The zero-order valence-corrected chi connectivity index (χ0v) is 11.1. The van der Waals surface area contributed by atoms with Crippen LogP contribution < -0.4 is 5.32 Å². The van der Waals surface area contributed by atoms with Gasteiger partial charge in [0.15, 0.2) is 0 Å². The van der Waals surface area contributed by atoms with E-state index in [1.54, 1.807) is 26.1 Å². The third kappa shape index (κ3) is 3.09. The number of nitrogens with zero attached hydrogens (tertiary/aromatic N) is 3. The Morgan fingerprint density at radius 2 is 2.16 bits per heavy atom. The summed E-state index contributed by atoms with van der Waals surface area (Å²) < 4.78 is 1.51. The fourth-order valence-corrected chi connectivity index (χ4v) is 1.74. The summed E-state index contributed by atoms with van der Waals surface area (Å²) in [5.74, 6) is 1.02. The molecular weight excluding hydrogens is 244 g/mol. The highest BCUT2D eigenvalue weighted by molar-refractivity contribution is 5.90. The summed E-state index contributed by atoms with van der Waals surface area (Å²) in [5.41, 5.74) is 1.53.